The highest BCUT2D eigenvalue weighted by Crippen LogP contribution is 2.51. The average molecular weight is 369 g/mol. The SMILES string of the molecule is CC(C)(C)[Si](OC[C@H]1O[C@@H](O)[C@H]2C[C@H]21)(c1ccccc1)c1ccccc1. The molecule has 0 amide bonds. The summed E-state index contributed by atoms with van der Waals surface area (Å²) in [5.74, 6) is 0.783. The summed E-state index contributed by atoms with van der Waals surface area (Å²) in [7, 11) is -2.51. The van der Waals surface area contributed by atoms with Crippen LogP contribution in [0.4, 0.5) is 0 Å². The molecule has 4 heteroatoms. The first-order valence-corrected chi connectivity index (χ1v) is 11.4. The fraction of sp³-hybridized carbons (Fsp3) is 0.455. The Morgan fingerprint density at radius 2 is 1.50 bits per heavy atom. The van der Waals surface area contributed by atoms with Crippen LogP contribution in [-0.2, 0) is 9.16 Å². The van der Waals surface area contributed by atoms with E-state index in [9.17, 15) is 5.11 Å². The lowest BCUT2D eigenvalue weighted by atomic mass is 10.2. The Morgan fingerprint density at radius 1 is 0.962 bits per heavy atom. The van der Waals surface area contributed by atoms with E-state index in [1.807, 2.05) is 0 Å². The van der Waals surface area contributed by atoms with Gasteiger partial charge in [-0.3, -0.25) is 0 Å². The van der Waals surface area contributed by atoms with E-state index in [4.69, 9.17) is 9.16 Å². The lowest BCUT2D eigenvalue weighted by molar-refractivity contribution is -0.123. The van der Waals surface area contributed by atoms with Crippen LogP contribution >= 0.6 is 0 Å². The van der Waals surface area contributed by atoms with Crippen molar-refractivity contribution in [2.75, 3.05) is 6.61 Å². The first-order valence-electron chi connectivity index (χ1n) is 9.52. The van der Waals surface area contributed by atoms with E-state index in [2.05, 4.69) is 81.4 Å². The summed E-state index contributed by atoms with van der Waals surface area (Å²) in [6.45, 7) is 7.39. The van der Waals surface area contributed by atoms with Crippen LogP contribution in [0.3, 0.4) is 0 Å². The summed E-state index contributed by atoms with van der Waals surface area (Å²) in [6, 6.07) is 21.3. The zero-order valence-corrected chi connectivity index (χ0v) is 16.8. The van der Waals surface area contributed by atoms with Gasteiger partial charge < -0.3 is 14.3 Å². The van der Waals surface area contributed by atoms with Gasteiger partial charge >= 0.3 is 0 Å². The lowest BCUT2D eigenvalue weighted by Crippen LogP contribution is -2.67. The Hall–Kier alpha value is -1.46. The van der Waals surface area contributed by atoms with Crippen molar-refractivity contribution in [3.8, 4) is 0 Å². The summed E-state index contributed by atoms with van der Waals surface area (Å²) >= 11 is 0. The van der Waals surface area contributed by atoms with Gasteiger partial charge in [-0.25, -0.2) is 0 Å². The average Bonchev–Trinajstić information content (AvgIpc) is 3.37. The number of hydrogen-bond acceptors (Lipinski definition) is 3. The molecule has 4 atom stereocenters. The van der Waals surface area contributed by atoms with Crippen molar-refractivity contribution in [1.82, 2.24) is 0 Å². The number of fused-ring (bicyclic) bond motifs is 1. The van der Waals surface area contributed by atoms with E-state index in [1.54, 1.807) is 0 Å². The molecule has 1 aliphatic heterocycles. The maximum absolute atomic E-state index is 9.97. The Labute approximate surface area is 157 Å². The molecule has 3 nitrogen and oxygen atoms in total. The molecular formula is C22H28O3Si. The highest BCUT2D eigenvalue weighted by atomic mass is 28.4. The fourth-order valence-electron chi connectivity index (χ4n) is 4.50. The van der Waals surface area contributed by atoms with Gasteiger partial charge in [0.25, 0.3) is 8.32 Å². The minimum Gasteiger partial charge on any atom is -0.405 e. The molecule has 0 spiro atoms. The number of hydrogen-bond donors (Lipinski definition) is 1. The monoisotopic (exact) mass is 368 g/mol. The Bertz CT molecular complexity index is 701. The molecule has 0 unspecified atom stereocenters. The van der Waals surface area contributed by atoms with Gasteiger partial charge in [0.2, 0.25) is 0 Å². The minimum atomic E-state index is -2.51. The van der Waals surface area contributed by atoms with E-state index in [0.29, 0.717) is 18.4 Å². The van der Waals surface area contributed by atoms with Crippen molar-refractivity contribution in [3.63, 3.8) is 0 Å². The topological polar surface area (TPSA) is 38.7 Å². The third-order valence-corrected chi connectivity index (χ3v) is 10.9. The van der Waals surface area contributed by atoms with Gasteiger partial charge in [0, 0.05) is 5.92 Å². The number of aliphatic hydroxyl groups is 1. The summed E-state index contributed by atoms with van der Waals surface area (Å²) in [5.41, 5.74) is 0. The minimum absolute atomic E-state index is 0.0108. The van der Waals surface area contributed by atoms with Gasteiger partial charge in [0.05, 0.1) is 12.7 Å². The Morgan fingerprint density at radius 3 is 1.88 bits per heavy atom. The van der Waals surface area contributed by atoms with E-state index in [0.717, 1.165) is 6.42 Å². The van der Waals surface area contributed by atoms with E-state index in [1.165, 1.54) is 10.4 Å². The molecule has 0 aromatic heterocycles. The quantitative estimate of drug-likeness (QED) is 0.825. The summed E-state index contributed by atoms with van der Waals surface area (Å²) in [5, 5.41) is 12.5. The van der Waals surface area contributed by atoms with Crippen LogP contribution in [0.5, 0.6) is 0 Å². The van der Waals surface area contributed by atoms with E-state index in [-0.39, 0.29) is 11.1 Å². The van der Waals surface area contributed by atoms with Crippen LogP contribution in [-0.4, -0.2) is 32.4 Å². The van der Waals surface area contributed by atoms with Crippen molar-refractivity contribution in [1.29, 1.82) is 0 Å². The van der Waals surface area contributed by atoms with Crippen molar-refractivity contribution in [2.45, 2.75) is 44.6 Å². The normalized spacial score (nSPS) is 28.0. The highest BCUT2D eigenvalue weighted by Gasteiger charge is 2.57. The van der Waals surface area contributed by atoms with Crippen LogP contribution in [0.2, 0.25) is 5.04 Å². The molecule has 2 aromatic rings. The zero-order chi connectivity index (χ0) is 18.4. The van der Waals surface area contributed by atoms with Gasteiger partial charge in [-0.2, -0.15) is 0 Å². The maximum Gasteiger partial charge on any atom is 0.261 e. The number of rotatable bonds is 5. The van der Waals surface area contributed by atoms with Crippen LogP contribution < -0.4 is 10.4 Å². The van der Waals surface area contributed by atoms with Gasteiger partial charge in [0.1, 0.15) is 0 Å². The molecule has 1 aliphatic carbocycles. The third-order valence-electron chi connectivity index (χ3n) is 5.93. The second-order valence-corrected chi connectivity index (χ2v) is 12.9. The molecule has 0 bridgehead atoms. The molecule has 0 radical (unpaired) electrons. The molecule has 2 aliphatic rings. The van der Waals surface area contributed by atoms with E-state index >= 15 is 0 Å². The summed E-state index contributed by atoms with van der Waals surface area (Å²) in [6.07, 6.45) is 0.472. The molecular weight excluding hydrogens is 340 g/mol. The third kappa shape index (κ3) is 2.95. The number of ether oxygens (including phenoxy) is 1. The highest BCUT2D eigenvalue weighted by molar-refractivity contribution is 6.99. The smallest absolute Gasteiger partial charge is 0.261 e. The van der Waals surface area contributed by atoms with Crippen molar-refractivity contribution in [2.24, 2.45) is 11.8 Å². The molecule has 1 saturated heterocycles. The van der Waals surface area contributed by atoms with Gasteiger partial charge in [0.15, 0.2) is 6.29 Å². The molecule has 1 saturated carbocycles. The van der Waals surface area contributed by atoms with Crippen LogP contribution in [0.1, 0.15) is 27.2 Å². The lowest BCUT2D eigenvalue weighted by Gasteiger charge is -2.43. The molecule has 2 aromatic carbocycles. The zero-order valence-electron chi connectivity index (χ0n) is 15.8. The van der Waals surface area contributed by atoms with Crippen molar-refractivity contribution >= 4 is 18.7 Å². The van der Waals surface area contributed by atoms with Crippen LogP contribution in [0.15, 0.2) is 60.7 Å². The maximum atomic E-state index is 9.97. The largest absolute Gasteiger partial charge is 0.405 e. The predicted octanol–water partition coefficient (Wildman–Crippen LogP) is 2.92. The fourth-order valence-corrected chi connectivity index (χ4v) is 9.07. The van der Waals surface area contributed by atoms with Crippen molar-refractivity contribution in [3.05, 3.63) is 60.7 Å². The van der Waals surface area contributed by atoms with Crippen LogP contribution in [0, 0.1) is 11.8 Å². The van der Waals surface area contributed by atoms with Crippen molar-refractivity contribution < 1.29 is 14.3 Å². The summed E-state index contributed by atoms with van der Waals surface area (Å²) in [4.78, 5) is 0. The second-order valence-electron chi connectivity index (χ2n) is 8.60. The molecule has 4 rings (SSSR count). The first-order chi connectivity index (χ1) is 12.4. The number of benzene rings is 2. The van der Waals surface area contributed by atoms with E-state index < -0.39 is 14.6 Å². The molecule has 138 valence electrons. The summed E-state index contributed by atoms with van der Waals surface area (Å²) < 4.78 is 12.7. The predicted molar refractivity (Wildman–Crippen MR) is 106 cm³/mol. The van der Waals surface area contributed by atoms with Gasteiger partial charge in [-0.05, 0) is 27.8 Å². The van der Waals surface area contributed by atoms with Gasteiger partial charge in [-0.1, -0.05) is 81.4 Å². The van der Waals surface area contributed by atoms with Crippen LogP contribution in [0.25, 0.3) is 0 Å². The second kappa shape index (κ2) is 6.61. The Balaban J connectivity index is 1.73. The number of aliphatic hydroxyl groups excluding tert-OH is 1. The molecule has 26 heavy (non-hydrogen) atoms. The van der Waals surface area contributed by atoms with Gasteiger partial charge in [-0.15, -0.1) is 0 Å². The molecule has 1 N–H and O–H groups in total. The molecule has 1 heterocycles. The first kappa shape index (κ1) is 17.9. The molecule has 2 fully saturated rings. The standard InChI is InChI=1S/C22H28O3Si/c1-22(2,3)26(16-10-6-4-7-11-16,17-12-8-5-9-13-17)24-15-20-18-14-19(18)21(23)25-20/h4-13,18-21,23H,14-15H2,1-3H3/t18-,19+,20-,21-/m1/s1. The Kier molecular flexibility index (Phi) is 4.56.